The van der Waals surface area contributed by atoms with Gasteiger partial charge in [0.2, 0.25) is 0 Å². The third kappa shape index (κ3) is 4.65. The predicted octanol–water partition coefficient (Wildman–Crippen LogP) is 2.60. The smallest absolute Gasteiger partial charge is 0.338 e. The molecule has 4 saturated carbocycles. The van der Waals surface area contributed by atoms with E-state index < -0.39 is 47.9 Å². The number of carbonyl (C=O) groups excluding carboxylic acids is 1. The molecule has 0 radical (unpaired) electrons. The fourth-order valence-corrected chi connectivity index (χ4v) is 9.74. The minimum Gasteiger partial charge on any atom is -0.481 e. The van der Waals surface area contributed by atoms with Crippen LogP contribution in [0.5, 0.6) is 0 Å². The van der Waals surface area contributed by atoms with Gasteiger partial charge in [-0.1, -0.05) is 13.8 Å². The van der Waals surface area contributed by atoms with Crippen LogP contribution in [-0.4, -0.2) is 68.0 Å². The molecule has 0 spiro atoms. The van der Waals surface area contributed by atoms with Gasteiger partial charge in [-0.3, -0.25) is 4.79 Å². The van der Waals surface area contributed by atoms with Crippen molar-refractivity contribution in [2.75, 3.05) is 0 Å². The van der Waals surface area contributed by atoms with E-state index in [9.17, 15) is 39.9 Å². The van der Waals surface area contributed by atoms with E-state index >= 15 is 0 Å². The second kappa shape index (κ2) is 10.8. The number of carboxylic acid groups (broad SMARTS) is 1. The van der Waals surface area contributed by atoms with Crippen LogP contribution in [0.2, 0.25) is 0 Å². The van der Waals surface area contributed by atoms with Crippen molar-refractivity contribution in [2.24, 2.45) is 34.0 Å². The third-order valence-corrected chi connectivity index (χ3v) is 12.2. The first-order valence-electron chi connectivity index (χ1n) is 15.0. The number of rotatable bonds is 7. The maximum absolute atomic E-state index is 13.2. The van der Waals surface area contributed by atoms with Crippen LogP contribution in [0, 0.1) is 34.0 Å². The molecule has 0 bridgehead atoms. The molecule has 0 saturated heterocycles. The summed E-state index contributed by atoms with van der Waals surface area (Å²) in [6, 6.07) is 3.35. The average Bonchev–Trinajstić information content (AvgIpc) is 3.22. The maximum Gasteiger partial charge on any atom is 0.338 e. The molecule has 0 aliphatic heterocycles. The van der Waals surface area contributed by atoms with Crippen LogP contribution in [0.4, 0.5) is 0 Å². The van der Waals surface area contributed by atoms with E-state index in [0.29, 0.717) is 25.7 Å². The largest absolute Gasteiger partial charge is 0.481 e. The van der Waals surface area contributed by atoms with Gasteiger partial charge in [-0.25, -0.2) is 9.59 Å². The first-order chi connectivity index (χ1) is 19.3. The van der Waals surface area contributed by atoms with Gasteiger partial charge in [0.1, 0.15) is 18.3 Å². The second-order valence-corrected chi connectivity index (χ2v) is 13.7. The van der Waals surface area contributed by atoms with Crippen molar-refractivity contribution in [3.05, 3.63) is 34.4 Å². The molecule has 5 rings (SSSR count). The van der Waals surface area contributed by atoms with Gasteiger partial charge in [0.25, 0.3) is 0 Å². The summed E-state index contributed by atoms with van der Waals surface area (Å²) in [5.41, 5.74) is -0.380. The quantitative estimate of drug-likeness (QED) is 0.304. The third-order valence-electron chi connectivity index (χ3n) is 12.2. The minimum absolute atomic E-state index is 0.00506. The molecule has 1 aromatic heterocycles. The van der Waals surface area contributed by atoms with Crippen molar-refractivity contribution in [2.45, 2.75) is 115 Å². The van der Waals surface area contributed by atoms with E-state index in [2.05, 4.69) is 13.8 Å². The summed E-state index contributed by atoms with van der Waals surface area (Å²) in [5.74, 6) is -1.61. The number of esters is 1. The van der Waals surface area contributed by atoms with Gasteiger partial charge >= 0.3 is 17.6 Å². The standard InChI is InChI=1S/C31H44O10/c1-16(32)24(34)25(35)26(36)27(37)41-19-8-13-31(28(38)39)18(14-19)5-6-21-22(31)10-12-29(2)20(9-11-30(21,29)3)17-4-7-23(33)40-15-17/h4,7,15-16,18-22,24-26,32,34-36H,5-6,8-14H2,1-3H3,(H,38,39)/t16-,18?,19-,20+,21+,22-,24-,25+,26+,29+,30+,31+/m0/s1. The van der Waals surface area contributed by atoms with Gasteiger partial charge in [-0.2, -0.15) is 0 Å². The highest BCUT2D eigenvalue weighted by Crippen LogP contribution is 2.74. The molecule has 41 heavy (non-hydrogen) atoms. The van der Waals surface area contributed by atoms with E-state index in [0.717, 1.165) is 37.7 Å². The molecule has 4 aliphatic rings. The van der Waals surface area contributed by atoms with Crippen molar-refractivity contribution in [1.82, 2.24) is 0 Å². The molecular weight excluding hydrogens is 532 g/mol. The van der Waals surface area contributed by atoms with Crippen LogP contribution >= 0.6 is 0 Å². The number of ether oxygens (including phenoxy) is 1. The lowest BCUT2D eigenvalue weighted by molar-refractivity contribution is -0.200. The molecule has 10 heteroatoms. The topological polar surface area (TPSA) is 175 Å². The lowest BCUT2D eigenvalue weighted by Crippen LogP contribution is -2.61. The Morgan fingerprint density at radius 1 is 0.927 bits per heavy atom. The zero-order valence-electron chi connectivity index (χ0n) is 24.1. The van der Waals surface area contributed by atoms with E-state index in [1.54, 1.807) is 6.26 Å². The molecule has 12 atom stereocenters. The van der Waals surface area contributed by atoms with E-state index in [1.807, 2.05) is 6.07 Å². The Kier molecular flexibility index (Phi) is 7.94. The lowest BCUT2D eigenvalue weighted by atomic mass is 9.40. The molecule has 4 aliphatic carbocycles. The Bertz CT molecular complexity index is 1190. The van der Waals surface area contributed by atoms with Gasteiger partial charge in [0, 0.05) is 6.07 Å². The van der Waals surface area contributed by atoms with E-state index in [-0.39, 0.29) is 40.1 Å². The molecule has 5 N–H and O–H groups in total. The van der Waals surface area contributed by atoms with Crippen LogP contribution in [-0.2, 0) is 14.3 Å². The number of carbonyl (C=O) groups is 2. The molecular formula is C31H44O10. The SMILES string of the molecule is C[C@H](O)[C@H](O)[C@@H](O)[C@@H](O)C(=O)O[C@H]1CC[C@@]2(C(=O)O)C(CC[C@@H]3[C@@H]2CC[C@]2(C)[C@@H](c4ccc(=O)oc4)CC[C@]32C)C1. The Labute approximate surface area is 239 Å². The number of hydrogen-bond acceptors (Lipinski definition) is 9. The number of fused-ring (bicyclic) bond motifs is 5. The van der Waals surface area contributed by atoms with Crippen LogP contribution in [0.15, 0.2) is 27.6 Å². The van der Waals surface area contributed by atoms with Crippen LogP contribution in [0.25, 0.3) is 0 Å². The molecule has 10 nitrogen and oxygen atoms in total. The zero-order valence-corrected chi connectivity index (χ0v) is 24.1. The molecule has 4 fully saturated rings. The molecule has 1 heterocycles. The highest BCUT2D eigenvalue weighted by atomic mass is 16.6. The molecule has 228 valence electrons. The lowest BCUT2D eigenvalue weighted by Gasteiger charge is -2.64. The van der Waals surface area contributed by atoms with Crippen molar-refractivity contribution in [3.63, 3.8) is 0 Å². The predicted molar refractivity (Wildman–Crippen MR) is 146 cm³/mol. The van der Waals surface area contributed by atoms with Crippen molar-refractivity contribution in [3.8, 4) is 0 Å². The van der Waals surface area contributed by atoms with E-state index in [4.69, 9.17) is 9.15 Å². The summed E-state index contributed by atoms with van der Waals surface area (Å²) < 4.78 is 10.7. The first-order valence-corrected chi connectivity index (χ1v) is 15.0. The summed E-state index contributed by atoms with van der Waals surface area (Å²) >= 11 is 0. The number of aliphatic hydroxyl groups is 4. The summed E-state index contributed by atoms with van der Waals surface area (Å²) in [4.78, 5) is 37.3. The van der Waals surface area contributed by atoms with Gasteiger partial charge in [0.05, 0.1) is 17.8 Å². The highest BCUT2D eigenvalue weighted by molar-refractivity contribution is 5.77. The van der Waals surface area contributed by atoms with Crippen LogP contribution in [0.3, 0.4) is 0 Å². The Morgan fingerprint density at radius 2 is 1.63 bits per heavy atom. The van der Waals surface area contributed by atoms with Gasteiger partial charge < -0.3 is 34.7 Å². The molecule has 0 aromatic carbocycles. The van der Waals surface area contributed by atoms with Crippen LogP contribution < -0.4 is 5.63 Å². The van der Waals surface area contributed by atoms with Gasteiger partial charge in [0.15, 0.2) is 6.10 Å². The normalized spacial score (nSPS) is 41.2. The summed E-state index contributed by atoms with van der Waals surface area (Å²) in [5, 5.41) is 50.3. The summed E-state index contributed by atoms with van der Waals surface area (Å²) in [6.07, 6.45) is 0.252. The number of aliphatic carboxylic acids is 1. The summed E-state index contributed by atoms with van der Waals surface area (Å²) in [7, 11) is 0. The molecule has 1 aromatic rings. The molecule has 0 amide bonds. The van der Waals surface area contributed by atoms with Crippen molar-refractivity contribution < 1.29 is 44.3 Å². The van der Waals surface area contributed by atoms with E-state index in [1.165, 1.54) is 13.0 Å². The average molecular weight is 577 g/mol. The number of hydrogen-bond donors (Lipinski definition) is 5. The molecule has 1 unspecified atom stereocenters. The van der Waals surface area contributed by atoms with Gasteiger partial charge in [-0.15, -0.1) is 0 Å². The minimum atomic E-state index is -2.02. The van der Waals surface area contributed by atoms with Crippen LogP contribution in [0.1, 0.15) is 90.0 Å². The van der Waals surface area contributed by atoms with Gasteiger partial charge in [-0.05, 0) is 111 Å². The number of carboxylic acids is 1. The Hall–Kier alpha value is -2.27. The Balaban J connectivity index is 1.34. The zero-order chi connectivity index (χ0) is 29.9. The second-order valence-electron chi connectivity index (χ2n) is 13.7. The highest BCUT2D eigenvalue weighted by Gasteiger charge is 2.68. The fourth-order valence-electron chi connectivity index (χ4n) is 9.74. The number of aliphatic hydroxyl groups excluding tert-OH is 4. The van der Waals surface area contributed by atoms with Crippen molar-refractivity contribution in [1.29, 1.82) is 0 Å². The fraction of sp³-hybridized carbons (Fsp3) is 0.774. The maximum atomic E-state index is 13.2. The Morgan fingerprint density at radius 3 is 2.27 bits per heavy atom. The first kappa shape index (κ1) is 30.2. The monoisotopic (exact) mass is 576 g/mol. The van der Waals surface area contributed by atoms with Crippen molar-refractivity contribution >= 4 is 11.9 Å². The summed E-state index contributed by atoms with van der Waals surface area (Å²) in [6.45, 7) is 5.90.